The Balaban J connectivity index is 1.70. The fraction of sp³-hybridized carbons (Fsp3) is 0.261. The van der Waals surface area contributed by atoms with Crippen LogP contribution in [0.5, 0.6) is 0 Å². The molecule has 0 saturated heterocycles. The molecular formula is C23H24N4OS. The van der Waals surface area contributed by atoms with Crippen LogP contribution in [-0.2, 0) is 4.79 Å². The lowest BCUT2D eigenvalue weighted by molar-refractivity contribution is -0.115. The summed E-state index contributed by atoms with van der Waals surface area (Å²) in [4.78, 5) is 12.9. The number of aryl methyl sites for hydroxylation is 3. The Kier molecular flexibility index (Phi) is 5.28. The molecule has 0 fully saturated rings. The van der Waals surface area contributed by atoms with Gasteiger partial charge in [-0.05, 0) is 62.1 Å². The van der Waals surface area contributed by atoms with Crippen LogP contribution in [0.25, 0.3) is 16.6 Å². The number of hydrogen-bond donors (Lipinski definition) is 1. The molecule has 2 heterocycles. The molecule has 0 aliphatic carbocycles. The molecule has 0 saturated carbocycles. The van der Waals surface area contributed by atoms with Crippen LogP contribution in [0.2, 0.25) is 0 Å². The fourth-order valence-electron chi connectivity index (χ4n) is 3.60. The minimum Gasteiger partial charge on any atom is -0.325 e. The third-order valence-corrected chi connectivity index (χ3v) is 6.39. The maximum absolute atomic E-state index is 12.9. The van der Waals surface area contributed by atoms with Crippen molar-refractivity contribution in [3.63, 3.8) is 0 Å². The Morgan fingerprint density at radius 1 is 1.07 bits per heavy atom. The highest BCUT2D eigenvalue weighted by Crippen LogP contribution is 2.31. The summed E-state index contributed by atoms with van der Waals surface area (Å²) in [5.74, 6) is -0.0204. The lowest BCUT2D eigenvalue weighted by Gasteiger charge is -2.15. The molecule has 0 bridgehead atoms. The number of anilines is 1. The number of nitrogens with zero attached hydrogens (tertiary/aromatic N) is 3. The van der Waals surface area contributed by atoms with Gasteiger partial charge in [0, 0.05) is 11.1 Å². The molecule has 2 aromatic carbocycles. The van der Waals surface area contributed by atoms with Crippen molar-refractivity contribution in [2.45, 2.75) is 44.5 Å². The zero-order chi connectivity index (χ0) is 20.5. The van der Waals surface area contributed by atoms with Gasteiger partial charge in [-0.2, -0.15) is 0 Å². The summed E-state index contributed by atoms with van der Waals surface area (Å²) in [6.07, 6.45) is 0.694. The van der Waals surface area contributed by atoms with Gasteiger partial charge in [0.1, 0.15) is 0 Å². The van der Waals surface area contributed by atoms with E-state index < -0.39 is 0 Å². The highest BCUT2D eigenvalue weighted by atomic mass is 32.2. The number of thioether (sulfide) groups is 1. The first-order valence-electron chi connectivity index (χ1n) is 9.76. The standard InChI is InChI=1S/C23H24N4OS/c1-5-19(22(28)24-17-10-6-8-14(2)12-17)29-23-26-25-20-13-16(4)18-11-7-9-15(3)21(18)27(20)23/h6-13,19H,5H2,1-4H3,(H,24,28). The summed E-state index contributed by atoms with van der Waals surface area (Å²) < 4.78 is 2.07. The van der Waals surface area contributed by atoms with Gasteiger partial charge in [-0.15, -0.1) is 10.2 Å². The smallest absolute Gasteiger partial charge is 0.237 e. The number of carbonyl (C=O) groups is 1. The first-order valence-corrected chi connectivity index (χ1v) is 10.6. The van der Waals surface area contributed by atoms with E-state index in [1.165, 1.54) is 22.7 Å². The number of para-hydroxylation sites is 1. The number of pyridine rings is 1. The Hall–Kier alpha value is -2.86. The average molecular weight is 405 g/mol. The van der Waals surface area contributed by atoms with Crippen LogP contribution < -0.4 is 5.32 Å². The van der Waals surface area contributed by atoms with Crippen LogP contribution >= 0.6 is 11.8 Å². The molecular weight excluding hydrogens is 380 g/mol. The third-order valence-electron chi connectivity index (χ3n) is 5.09. The van der Waals surface area contributed by atoms with Crippen LogP contribution in [0.1, 0.15) is 30.0 Å². The Labute approximate surface area is 174 Å². The third kappa shape index (κ3) is 3.72. The minimum atomic E-state index is -0.261. The molecule has 1 amide bonds. The first kappa shape index (κ1) is 19.5. The van der Waals surface area contributed by atoms with E-state index in [-0.39, 0.29) is 11.2 Å². The summed E-state index contributed by atoms with van der Waals surface area (Å²) in [6, 6.07) is 16.2. The number of amides is 1. The van der Waals surface area contributed by atoms with Crippen molar-refractivity contribution < 1.29 is 4.79 Å². The zero-order valence-corrected chi connectivity index (χ0v) is 17.9. The van der Waals surface area contributed by atoms with E-state index in [0.717, 1.165) is 33.1 Å². The number of nitrogens with one attached hydrogen (secondary N) is 1. The van der Waals surface area contributed by atoms with Crippen molar-refractivity contribution in [1.82, 2.24) is 14.6 Å². The van der Waals surface area contributed by atoms with Crippen LogP contribution in [0.3, 0.4) is 0 Å². The molecule has 2 aromatic heterocycles. The Morgan fingerprint density at radius 3 is 2.62 bits per heavy atom. The molecule has 1 N–H and O–H groups in total. The number of benzene rings is 2. The second-order valence-corrected chi connectivity index (χ2v) is 8.52. The van der Waals surface area contributed by atoms with Gasteiger partial charge in [-0.25, -0.2) is 0 Å². The number of fused-ring (bicyclic) bond motifs is 3. The number of carbonyl (C=O) groups excluding carboxylic acids is 1. The lowest BCUT2D eigenvalue weighted by Crippen LogP contribution is -2.24. The van der Waals surface area contributed by atoms with E-state index in [9.17, 15) is 4.79 Å². The average Bonchev–Trinajstić information content (AvgIpc) is 3.08. The van der Waals surface area contributed by atoms with Gasteiger partial charge >= 0.3 is 0 Å². The molecule has 6 heteroatoms. The van der Waals surface area contributed by atoms with Gasteiger partial charge < -0.3 is 5.32 Å². The van der Waals surface area contributed by atoms with E-state index in [0.29, 0.717) is 6.42 Å². The lowest BCUT2D eigenvalue weighted by atomic mass is 10.1. The summed E-state index contributed by atoms with van der Waals surface area (Å²) in [5, 5.41) is 13.5. The molecule has 0 radical (unpaired) electrons. The Morgan fingerprint density at radius 2 is 1.86 bits per heavy atom. The highest BCUT2D eigenvalue weighted by molar-refractivity contribution is 8.00. The summed E-state index contributed by atoms with van der Waals surface area (Å²) in [5.41, 5.74) is 6.17. The zero-order valence-electron chi connectivity index (χ0n) is 17.1. The van der Waals surface area contributed by atoms with Crippen molar-refractivity contribution in [3.05, 3.63) is 65.2 Å². The van der Waals surface area contributed by atoms with Crippen molar-refractivity contribution in [2.24, 2.45) is 0 Å². The van der Waals surface area contributed by atoms with Crippen molar-refractivity contribution in [1.29, 1.82) is 0 Å². The quantitative estimate of drug-likeness (QED) is 0.458. The molecule has 0 aliphatic rings. The molecule has 4 aromatic rings. The number of rotatable bonds is 5. The molecule has 29 heavy (non-hydrogen) atoms. The van der Waals surface area contributed by atoms with Gasteiger partial charge in [0.15, 0.2) is 10.8 Å². The van der Waals surface area contributed by atoms with Gasteiger partial charge in [-0.1, -0.05) is 49.0 Å². The fourth-order valence-corrected chi connectivity index (χ4v) is 4.57. The van der Waals surface area contributed by atoms with Crippen LogP contribution in [0.4, 0.5) is 5.69 Å². The summed E-state index contributed by atoms with van der Waals surface area (Å²) in [7, 11) is 0. The SMILES string of the molecule is CCC(Sc1nnc2cc(C)c3cccc(C)c3n12)C(=O)Nc1cccc(C)c1. The summed E-state index contributed by atoms with van der Waals surface area (Å²) in [6.45, 7) is 8.22. The number of aromatic nitrogens is 3. The van der Waals surface area contributed by atoms with E-state index >= 15 is 0 Å². The van der Waals surface area contributed by atoms with E-state index in [4.69, 9.17) is 0 Å². The molecule has 1 atom stereocenters. The largest absolute Gasteiger partial charge is 0.325 e. The van der Waals surface area contributed by atoms with Gasteiger partial charge in [0.05, 0.1) is 10.8 Å². The van der Waals surface area contributed by atoms with Crippen molar-refractivity contribution in [3.8, 4) is 0 Å². The highest BCUT2D eigenvalue weighted by Gasteiger charge is 2.22. The summed E-state index contributed by atoms with van der Waals surface area (Å²) >= 11 is 1.46. The van der Waals surface area contributed by atoms with Crippen molar-refractivity contribution in [2.75, 3.05) is 5.32 Å². The maximum atomic E-state index is 12.9. The van der Waals surface area contributed by atoms with E-state index in [2.05, 4.69) is 52.0 Å². The van der Waals surface area contributed by atoms with Crippen molar-refractivity contribution >= 4 is 39.9 Å². The van der Waals surface area contributed by atoms with Gasteiger partial charge in [0.25, 0.3) is 0 Å². The predicted octanol–water partition coefficient (Wildman–Crippen LogP) is 5.32. The molecule has 1 unspecified atom stereocenters. The van der Waals surface area contributed by atoms with E-state index in [1.54, 1.807) is 0 Å². The molecule has 5 nitrogen and oxygen atoms in total. The Bertz CT molecular complexity index is 1210. The normalized spacial score (nSPS) is 12.4. The monoisotopic (exact) mass is 404 g/mol. The van der Waals surface area contributed by atoms with Gasteiger partial charge in [0.2, 0.25) is 5.91 Å². The van der Waals surface area contributed by atoms with E-state index in [1.807, 2.05) is 44.2 Å². The topological polar surface area (TPSA) is 59.3 Å². The first-order chi connectivity index (χ1) is 14.0. The minimum absolute atomic E-state index is 0.0204. The number of hydrogen-bond acceptors (Lipinski definition) is 4. The molecule has 0 spiro atoms. The van der Waals surface area contributed by atoms with Crippen LogP contribution in [0, 0.1) is 20.8 Å². The second kappa shape index (κ2) is 7.87. The maximum Gasteiger partial charge on any atom is 0.237 e. The van der Waals surface area contributed by atoms with Crippen LogP contribution in [-0.4, -0.2) is 25.8 Å². The molecule has 148 valence electrons. The molecule has 4 rings (SSSR count). The second-order valence-electron chi connectivity index (χ2n) is 7.35. The van der Waals surface area contributed by atoms with Gasteiger partial charge in [-0.3, -0.25) is 9.20 Å². The molecule has 0 aliphatic heterocycles. The predicted molar refractivity (Wildman–Crippen MR) is 120 cm³/mol. The van der Waals surface area contributed by atoms with Crippen LogP contribution in [0.15, 0.2) is 53.7 Å².